The number of aryl methyl sites for hydroxylation is 1. The molecule has 0 aliphatic heterocycles. The fraction of sp³-hybridized carbons (Fsp3) is 0.538. The lowest BCUT2D eigenvalue weighted by molar-refractivity contribution is 0.553. The molecule has 2 atom stereocenters. The van der Waals surface area contributed by atoms with Crippen LogP contribution in [0.25, 0.3) is 11.2 Å². The van der Waals surface area contributed by atoms with Crippen molar-refractivity contribution in [3.8, 4) is 0 Å². The summed E-state index contributed by atoms with van der Waals surface area (Å²) in [6.45, 7) is 5.55. The van der Waals surface area contributed by atoms with Gasteiger partial charge in [-0.05, 0) is 32.9 Å². The van der Waals surface area contributed by atoms with E-state index in [0.717, 1.165) is 11.2 Å². The third kappa shape index (κ3) is 3.12. The van der Waals surface area contributed by atoms with Crippen molar-refractivity contribution in [1.82, 2.24) is 14.5 Å². The number of alkyl halides is 1. The van der Waals surface area contributed by atoms with Gasteiger partial charge in [0.2, 0.25) is 0 Å². The number of halogens is 1. The summed E-state index contributed by atoms with van der Waals surface area (Å²) in [4.78, 5) is 8.95. The molecule has 0 fully saturated rings. The molecular formula is C13H18ClN3O2S. The van der Waals surface area contributed by atoms with Crippen LogP contribution in [0.2, 0.25) is 0 Å². The molecule has 5 nitrogen and oxygen atoms in total. The first-order valence-electron chi connectivity index (χ1n) is 6.36. The summed E-state index contributed by atoms with van der Waals surface area (Å²) in [5, 5.41) is -0.313. The van der Waals surface area contributed by atoms with E-state index in [0.29, 0.717) is 11.5 Å². The molecule has 2 unspecified atom stereocenters. The molecule has 2 aromatic rings. The first kappa shape index (κ1) is 15.3. The fourth-order valence-corrected chi connectivity index (χ4v) is 3.49. The van der Waals surface area contributed by atoms with Crippen LogP contribution in [-0.2, 0) is 9.84 Å². The number of nitrogens with zero attached hydrogens (tertiary/aromatic N) is 3. The number of rotatable bonds is 4. The van der Waals surface area contributed by atoms with Gasteiger partial charge in [-0.2, -0.15) is 0 Å². The summed E-state index contributed by atoms with van der Waals surface area (Å²) >= 11 is 6.17. The van der Waals surface area contributed by atoms with Crippen LogP contribution in [0.4, 0.5) is 0 Å². The minimum atomic E-state index is -3.09. The van der Waals surface area contributed by atoms with Crippen molar-refractivity contribution in [3.05, 3.63) is 23.7 Å². The van der Waals surface area contributed by atoms with Gasteiger partial charge in [0.25, 0.3) is 0 Å². The Kier molecular flexibility index (Phi) is 4.07. The molecule has 20 heavy (non-hydrogen) atoms. The maximum atomic E-state index is 11.5. The number of hydrogen-bond acceptors (Lipinski definition) is 4. The van der Waals surface area contributed by atoms with Gasteiger partial charge in [0.05, 0.1) is 11.1 Å². The molecule has 0 saturated carbocycles. The number of aromatic nitrogens is 3. The van der Waals surface area contributed by atoms with Gasteiger partial charge in [-0.3, -0.25) is 0 Å². The smallest absolute Gasteiger partial charge is 0.160 e. The van der Waals surface area contributed by atoms with Crippen LogP contribution in [0, 0.1) is 6.92 Å². The second-order valence-corrected chi connectivity index (χ2v) is 8.03. The summed E-state index contributed by atoms with van der Waals surface area (Å²) in [7, 11) is -3.09. The Balaban J connectivity index is 2.64. The van der Waals surface area contributed by atoms with Crippen LogP contribution in [0.5, 0.6) is 0 Å². The second-order valence-electron chi connectivity index (χ2n) is 5.19. The summed E-state index contributed by atoms with van der Waals surface area (Å²) in [5.41, 5.74) is 2.28. The average Bonchev–Trinajstić information content (AvgIpc) is 2.65. The third-order valence-electron chi connectivity index (χ3n) is 3.04. The van der Waals surface area contributed by atoms with Crippen molar-refractivity contribution in [2.24, 2.45) is 0 Å². The molecule has 0 saturated heterocycles. The minimum Gasteiger partial charge on any atom is -0.308 e. The number of fused-ring (bicyclic) bond motifs is 1. The zero-order valence-corrected chi connectivity index (χ0v) is 13.5. The Morgan fingerprint density at radius 3 is 2.50 bits per heavy atom. The van der Waals surface area contributed by atoms with Crippen LogP contribution in [0.15, 0.2) is 12.1 Å². The average molecular weight is 316 g/mol. The molecule has 7 heteroatoms. The maximum absolute atomic E-state index is 11.5. The zero-order valence-electron chi connectivity index (χ0n) is 12.0. The highest BCUT2D eigenvalue weighted by Crippen LogP contribution is 2.27. The van der Waals surface area contributed by atoms with E-state index in [1.54, 1.807) is 0 Å². The van der Waals surface area contributed by atoms with Crippen LogP contribution in [-0.4, -0.2) is 35.0 Å². The summed E-state index contributed by atoms with van der Waals surface area (Å²) < 4.78 is 24.9. The van der Waals surface area contributed by atoms with E-state index >= 15 is 0 Å². The van der Waals surface area contributed by atoms with Crippen molar-refractivity contribution in [2.45, 2.75) is 32.2 Å². The second kappa shape index (κ2) is 5.33. The van der Waals surface area contributed by atoms with Crippen molar-refractivity contribution >= 4 is 32.6 Å². The maximum Gasteiger partial charge on any atom is 0.160 e. The molecule has 0 aliphatic rings. The first-order valence-corrected chi connectivity index (χ1v) is 8.86. The topological polar surface area (TPSA) is 64.8 Å². The number of pyridine rings is 1. The molecule has 2 rings (SSSR count). The number of hydrogen-bond donors (Lipinski definition) is 0. The molecule has 110 valence electrons. The Labute approximate surface area is 123 Å². The van der Waals surface area contributed by atoms with Gasteiger partial charge in [-0.25, -0.2) is 18.4 Å². The lowest BCUT2D eigenvalue weighted by Gasteiger charge is -2.17. The molecule has 0 spiro atoms. The van der Waals surface area contributed by atoms with Gasteiger partial charge < -0.3 is 4.57 Å². The zero-order chi connectivity index (χ0) is 15.1. The van der Waals surface area contributed by atoms with Crippen LogP contribution in [0.1, 0.15) is 36.8 Å². The highest BCUT2D eigenvalue weighted by molar-refractivity contribution is 7.90. The Morgan fingerprint density at radius 2 is 1.95 bits per heavy atom. The predicted molar refractivity (Wildman–Crippen MR) is 81.0 cm³/mol. The predicted octanol–water partition coefficient (Wildman–Crippen LogP) is 2.65. The summed E-state index contributed by atoms with van der Waals surface area (Å²) in [5.74, 6) is 0.681. The van der Waals surface area contributed by atoms with Gasteiger partial charge in [0.15, 0.2) is 5.65 Å². The normalized spacial score (nSPS) is 15.4. The fourth-order valence-electron chi connectivity index (χ4n) is 2.31. The van der Waals surface area contributed by atoms with Crippen LogP contribution in [0.3, 0.4) is 0 Å². The quantitative estimate of drug-likeness (QED) is 0.814. The van der Waals surface area contributed by atoms with E-state index < -0.39 is 9.84 Å². The van der Waals surface area contributed by atoms with Gasteiger partial charge in [-0.1, -0.05) is 0 Å². The molecular weight excluding hydrogens is 298 g/mol. The minimum absolute atomic E-state index is 0.0324. The van der Waals surface area contributed by atoms with E-state index in [1.165, 1.54) is 6.26 Å². The molecule has 0 aliphatic carbocycles. The van der Waals surface area contributed by atoms with Crippen molar-refractivity contribution in [3.63, 3.8) is 0 Å². The first-order chi connectivity index (χ1) is 9.19. The van der Waals surface area contributed by atoms with Crippen LogP contribution >= 0.6 is 11.6 Å². The van der Waals surface area contributed by atoms with E-state index in [9.17, 15) is 8.42 Å². The van der Waals surface area contributed by atoms with Gasteiger partial charge >= 0.3 is 0 Å². The molecule has 0 N–H and O–H groups in total. The lowest BCUT2D eigenvalue weighted by atomic mass is 10.3. The molecule has 0 bridgehead atoms. The molecule has 0 aromatic carbocycles. The largest absolute Gasteiger partial charge is 0.308 e. The van der Waals surface area contributed by atoms with Crippen molar-refractivity contribution < 1.29 is 8.42 Å². The molecule has 2 heterocycles. The van der Waals surface area contributed by atoms with Crippen LogP contribution < -0.4 is 0 Å². The van der Waals surface area contributed by atoms with Gasteiger partial charge in [0.1, 0.15) is 21.2 Å². The van der Waals surface area contributed by atoms with E-state index in [4.69, 9.17) is 11.6 Å². The number of imidazole rings is 1. The van der Waals surface area contributed by atoms with Gasteiger partial charge in [0, 0.05) is 18.0 Å². The van der Waals surface area contributed by atoms with Crippen molar-refractivity contribution in [1.29, 1.82) is 0 Å². The SMILES string of the molecule is Cc1ccc2nc(C(C)Cl)n(C(C)CS(C)(=O)=O)c2n1. The monoisotopic (exact) mass is 315 g/mol. The standard InChI is InChI=1S/C13H18ClN3O2S/c1-8-5-6-11-13(15-8)17(12(16-11)10(3)14)9(2)7-20(4,18)19/h5-6,9-10H,7H2,1-4H3. The summed E-state index contributed by atoms with van der Waals surface area (Å²) in [6.07, 6.45) is 1.23. The molecule has 0 amide bonds. The molecule has 2 aromatic heterocycles. The van der Waals surface area contributed by atoms with E-state index in [2.05, 4.69) is 9.97 Å². The van der Waals surface area contributed by atoms with E-state index in [-0.39, 0.29) is 17.2 Å². The third-order valence-corrected chi connectivity index (χ3v) is 4.33. The highest BCUT2D eigenvalue weighted by Gasteiger charge is 2.22. The summed E-state index contributed by atoms with van der Waals surface area (Å²) in [6, 6.07) is 3.49. The molecule has 0 radical (unpaired) electrons. The number of sulfone groups is 1. The van der Waals surface area contributed by atoms with Gasteiger partial charge in [-0.15, -0.1) is 11.6 Å². The Morgan fingerprint density at radius 1 is 1.30 bits per heavy atom. The lowest BCUT2D eigenvalue weighted by Crippen LogP contribution is -2.19. The highest BCUT2D eigenvalue weighted by atomic mass is 35.5. The Hall–Kier alpha value is -1.14. The Bertz CT molecular complexity index is 737. The van der Waals surface area contributed by atoms with Crippen molar-refractivity contribution in [2.75, 3.05) is 12.0 Å². The van der Waals surface area contributed by atoms with E-state index in [1.807, 2.05) is 37.5 Å².